The standard InChI is InChI=1S/C12H17BrN2O/c1-4-9(3)14-12(16)15-10-6-5-8(2)11(13)7-10/h5-7,9H,4H2,1-3H3,(H2,14,15,16). The molecule has 0 spiro atoms. The minimum atomic E-state index is -0.162. The topological polar surface area (TPSA) is 41.1 Å². The Balaban J connectivity index is 2.59. The van der Waals surface area contributed by atoms with Crippen LogP contribution in [0.25, 0.3) is 0 Å². The normalized spacial score (nSPS) is 12.0. The van der Waals surface area contributed by atoms with Crippen molar-refractivity contribution in [2.45, 2.75) is 33.2 Å². The van der Waals surface area contributed by atoms with Gasteiger partial charge in [0.15, 0.2) is 0 Å². The van der Waals surface area contributed by atoms with Gasteiger partial charge in [0.25, 0.3) is 0 Å². The predicted molar refractivity (Wildman–Crippen MR) is 70.8 cm³/mol. The molecule has 0 aliphatic heterocycles. The van der Waals surface area contributed by atoms with Crippen LogP contribution in [0.4, 0.5) is 10.5 Å². The molecule has 88 valence electrons. The van der Waals surface area contributed by atoms with E-state index in [0.29, 0.717) is 0 Å². The summed E-state index contributed by atoms with van der Waals surface area (Å²) in [4.78, 5) is 11.5. The van der Waals surface area contributed by atoms with Crippen molar-refractivity contribution < 1.29 is 4.79 Å². The maximum absolute atomic E-state index is 11.5. The van der Waals surface area contributed by atoms with Gasteiger partial charge in [0, 0.05) is 16.2 Å². The number of carbonyl (C=O) groups excluding carboxylic acids is 1. The predicted octanol–water partition coefficient (Wildman–Crippen LogP) is 3.68. The molecule has 1 atom stereocenters. The molecule has 3 nitrogen and oxygen atoms in total. The van der Waals surface area contributed by atoms with Crippen LogP contribution in [0, 0.1) is 6.92 Å². The number of urea groups is 1. The van der Waals surface area contributed by atoms with Crippen LogP contribution in [-0.4, -0.2) is 12.1 Å². The zero-order valence-corrected chi connectivity index (χ0v) is 11.4. The molecule has 4 heteroatoms. The van der Waals surface area contributed by atoms with Gasteiger partial charge in [0.05, 0.1) is 0 Å². The van der Waals surface area contributed by atoms with E-state index in [-0.39, 0.29) is 12.1 Å². The van der Waals surface area contributed by atoms with Gasteiger partial charge in [0.1, 0.15) is 0 Å². The fraction of sp³-hybridized carbons (Fsp3) is 0.417. The lowest BCUT2D eigenvalue weighted by molar-refractivity contribution is 0.249. The number of aryl methyl sites for hydroxylation is 1. The van der Waals surface area contributed by atoms with Crippen molar-refractivity contribution in [1.29, 1.82) is 0 Å². The Labute approximate surface area is 105 Å². The molecule has 0 aromatic heterocycles. The Morgan fingerprint density at radius 2 is 2.19 bits per heavy atom. The van der Waals surface area contributed by atoms with Crippen LogP contribution in [0.1, 0.15) is 25.8 Å². The van der Waals surface area contributed by atoms with E-state index in [1.165, 1.54) is 0 Å². The minimum absolute atomic E-state index is 0.162. The van der Waals surface area contributed by atoms with Crippen molar-refractivity contribution >= 4 is 27.6 Å². The lowest BCUT2D eigenvalue weighted by Gasteiger charge is -2.12. The molecule has 16 heavy (non-hydrogen) atoms. The van der Waals surface area contributed by atoms with Crippen LogP contribution >= 0.6 is 15.9 Å². The van der Waals surface area contributed by atoms with Crippen molar-refractivity contribution in [3.05, 3.63) is 28.2 Å². The molecule has 0 radical (unpaired) electrons. The van der Waals surface area contributed by atoms with E-state index < -0.39 is 0 Å². The van der Waals surface area contributed by atoms with E-state index in [1.54, 1.807) is 0 Å². The summed E-state index contributed by atoms with van der Waals surface area (Å²) in [5, 5.41) is 5.64. The first-order chi connectivity index (χ1) is 7.52. The second kappa shape index (κ2) is 5.89. The molecule has 1 unspecified atom stereocenters. The first-order valence-corrected chi connectivity index (χ1v) is 6.16. The fourth-order valence-electron chi connectivity index (χ4n) is 1.16. The molecule has 0 fully saturated rings. The highest BCUT2D eigenvalue weighted by molar-refractivity contribution is 9.10. The monoisotopic (exact) mass is 284 g/mol. The average Bonchev–Trinajstić information content (AvgIpc) is 2.23. The maximum atomic E-state index is 11.5. The molecule has 0 saturated carbocycles. The van der Waals surface area contributed by atoms with Crippen LogP contribution in [0.15, 0.2) is 22.7 Å². The molecule has 2 N–H and O–H groups in total. The third kappa shape index (κ3) is 3.85. The van der Waals surface area contributed by atoms with Crippen molar-refractivity contribution in [3.8, 4) is 0 Å². The fourth-order valence-corrected chi connectivity index (χ4v) is 1.54. The van der Waals surface area contributed by atoms with E-state index in [0.717, 1.165) is 22.1 Å². The van der Waals surface area contributed by atoms with E-state index >= 15 is 0 Å². The number of halogens is 1. The summed E-state index contributed by atoms with van der Waals surface area (Å²) in [6.45, 7) is 6.02. The van der Waals surface area contributed by atoms with E-state index in [4.69, 9.17) is 0 Å². The van der Waals surface area contributed by atoms with Gasteiger partial charge in [0.2, 0.25) is 0 Å². The summed E-state index contributed by atoms with van der Waals surface area (Å²) in [7, 11) is 0. The molecule has 0 aliphatic carbocycles. The summed E-state index contributed by atoms with van der Waals surface area (Å²) >= 11 is 3.43. The SMILES string of the molecule is CCC(C)NC(=O)Nc1ccc(C)c(Br)c1. The molecule has 1 aromatic rings. The summed E-state index contributed by atoms with van der Waals surface area (Å²) in [5.41, 5.74) is 1.94. The number of benzene rings is 1. The number of amides is 2. The Bertz CT molecular complexity index is 379. The second-order valence-corrected chi connectivity index (χ2v) is 4.73. The Morgan fingerprint density at radius 3 is 2.75 bits per heavy atom. The Kier molecular flexibility index (Phi) is 4.80. The van der Waals surface area contributed by atoms with Gasteiger partial charge in [-0.2, -0.15) is 0 Å². The lowest BCUT2D eigenvalue weighted by Crippen LogP contribution is -2.35. The largest absolute Gasteiger partial charge is 0.335 e. The first kappa shape index (κ1) is 13.0. The van der Waals surface area contributed by atoms with Crippen LogP contribution in [-0.2, 0) is 0 Å². The quantitative estimate of drug-likeness (QED) is 0.874. The molecular weight excluding hydrogens is 268 g/mol. The average molecular weight is 285 g/mol. The van der Waals surface area contributed by atoms with Crippen LogP contribution in [0.5, 0.6) is 0 Å². The highest BCUT2D eigenvalue weighted by atomic mass is 79.9. The number of nitrogens with one attached hydrogen (secondary N) is 2. The minimum Gasteiger partial charge on any atom is -0.335 e. The molecule has 0 bridgehead atoms. The van der Waals surface area contributed by atoms with Crippen molar-refractivity contribution in [1.82, 2.24) is 5.32 Å². The smallest absolute Gasteiger partial charge is 0.319 e. The van der Waals surface area contributed by atoms with Gasteiger partial charge in [-0.05, 0) is 38.0 Å². The Morgan fingerprint density at radius 1 is 1.50 bits per heavy atom. The molecule has 0 heterocycles. The number of anilines is 1. The summed E-state index contributed by atoms with van der Waals surface area (Å²) in [6, 6.07) is 5.77. The summed E-state index contributed by atoms with van der Waals surface area (Å²) in [5.74, 6) is 0. The van der Waals surface area contributed by atoms with E-state index in [1.807, 2.05) is 39.0 Å². The molecule has 1 aromatic carbocycles. The van der Waals surface area contributed by atoms with Gasteiger partial charge >= 0.3 is 6.03 Å². The van der Waals surface area contributed by atoms with Gasteiger partial charge in [-0.3, -0.25) is 0 Å². The van der Waals surface area contributed by atoms with Crippen molar-refractivity contribution in [2.24, 2.45) is 0 Å². The third-order valence-corrected chi connectivity index (χ3v) is 3.27. The summed E-state index contributed by atoms with van der Waals surface area (Å²) < 4.78 is 0.994. The maximum Gasteiger partial charge on any atom is 0.319 e. The van der Waals surface area contributed by atoms with Crippen LogP contribution in [0.2, 0.25) is 0 Å². The van der Waals surface area contributed by atoms with Gasteiger partial charge in [-0.1, -0.05) is 28.9 Å². The number of hydrogen-bond donors (Lipinski definition) is 2. The second-order valence-electron chi connectivity index (χ2n) is 3.87. The highest BCUT2D eigenvalue weighted by Gasteiger charge is 2.05. The number of hydrogen-bond acceptors (Lipinski definition) is 1. The van der Waals surface area contributed by atoms with Gasteiger partial charge in [-0.15, -0.1) is 0 Å². The molecule has 1 rings (SSSR count). The molecule has 0 aliphatic rings. The van der Waals surface area contributed by atoms with Gasteiger partial charge < -0.3 is 10.6 Å². The molecular formula is C12H17BrN2O. The van der Waals surface area contributed by atoms with Crippen LogP contribution < -0.4 is 10.6 Å². The molecule has 2 amide bonds. The first-order valence-electron chi connectivity index (χ1n) is 5.36. The Hall–Kier alpha value is -1.03. The number of carbonyl (C=O) groups is 1. The van der Waals surface area contributed by atoms with Gasteiger partial charge in [-0.25, -0.2) is 4.79 Å². The zero-order valence-electron chi connectivity index (χ0n) is 9.80. The number of rotatable bonds is 3. The third-order valence-electron chi connectivity index (χ3n) is 2.42. The van der Waals surface area contributed by atoms with Crippen LogP contribution in [0.3, 0.4) is 0 Å². The summed E-state index contributed by atoms with van der Waals surface area (Å²) in [6.07, 6.45) is 0.922. The van der Waals surface area contributed by atoms with E-state index in [9.17, 15) is 4.79 Å². The van der Waals surface area contributed by atoms with Crippen molar-refractivity contribution in [2.75, 3.05) is 5.32 Å². The highest BCUT2D eigenvalue weighted by Crippen LogP contribution is 2.20. The zero-order chi connectivity index (χ0) is 12.1. The molecule has 0 saturated heterocycles. The van der Waals surface area contributed by atoms with E-state index in [2.05, 4.69) is 26.6 Å². The lowest BCUT2D eigenvalue weighted by atomic mass is 10.2. The van der Waals surface area contributed by atoms with Crippen molar-refractivity contribution in [3.63, 3.8) is 0 Å².